The van der Waals surface area contributed by atoms with E-state index in [1.807, 2.05) is 19.1 Å². The molecule has 8 heteroatoms. The molecule has 0 aliphatic heterocycles. The molecule has 0 spiro atoms. The first-order valence-corrected chi connectivity index (χ1v) is 5.67. The predicted octanol–water partition coefficient (Wildman–Crippen LogP) is 0.439. The second-order valence-corrected chi connectivity index (χ2v) is 3.78. The monoisotopic (exact) mass is 539 g/mol. The van der Waals surface area contributed by atoms with E-state index in [9.17, 15) is 9.59 Å². The van der Waals surface area contributed by atoms with Gasteiger partial charge in [0.05, 0.1) is 0 Å². The second kappa shape index (κ2) is 11.5. The number of hydrogen-bond acceptors (Lipinski definition) is 4. The number of amides is 1. The summed E-state index contributed by atoms with van der Waals surface area (Å²) in [5, 5.41) is 17.9. The molecule has 0 saturated heterocycles. The Morgan fingerprint density at radius 2 is 1.95 bits per heavy atom. The Hall–Kier alpha value is -3.57. The molecule has 1 atom stereocenters. The molecular weight excluding hydrogens is 523 g/mol. The number of benzene rings is 1. The van der Waals surface area contributed by atoms with Crippen molar-refractivity contribution in [2.45, 2.75) is 19.4 Å². The number of carbonyl (C=O) groups is 2. The summed E-state index contributed by atoms with van der Waals surface area (Å²) < 4.78 is 5.00. The maximum atomic E-state index is 10.3. The molecule has 0 saturated carbocycles. The van der Waals surface area contributed by atoms with E-state index in [0.717, 1.165) is 5.56 Å². The van der Waals surface area contributed by atoms with Gasteiger partial charge in [0.25, 0.3) is 6.47 Å². The topological polar surface area (TPSA) is 113 Å². The molecule has 0 aliphatic rings. The molecule has 0 aliphatic carbocycles. The average Bonchev–Trinajstić information content (AvgIpc) is 2.39. The van der Waals surface area contributed by atoms with Crippen molar-refractivity contribution in [2.24, 2.45) is 0 Å². The fourth-order valence-electron chi connectivity index (χ4n) is 1.37. The van der Waals surface area contributed by atoms with Crippen molar-refractivity contribution in [1.29, 1.82) is 0 Å². The van der Waals surface area contributed by atoms with Gasteiger partial charge in [0.2, 0.25) is 0 Å². The summed E-state index contributed by atoms with van der Waals surface area (Å²) in [5.41, 5.74) is 1.03. The predicted molar refractivity (Wildman–Crippen MR) is 70.3 cm³/mol. The van der Waals surface area contributed by atoms with Crippen molar-refractivity contribution < 1.29 is 29.3 Å². The van der Waals surface area contributed by atoms with Crippen LogP contribution in [0.4, 0.5) is 0 Å². The van der Waals surface area contributed by atoms with E-state index >= 15 is 0 Å². The van der Waals surface area contributed by atoms with Crippen LogP contribution in [0.5, 0.6) is 5.75 Å². The summed E-state index contributed by atoms with van der Waals surface area (Å²) in [7, 11) is 0. The summed E-state index contributed by atoms with van der Waals surface area (Å²) in [6, 6.07) is 7.09. The van der Waals surface area contributed by atoms with Gasteiger partial charge in [-0.1, -0.05) is 12.1 Å². The number of aliphatic carboxylic acids is 1. The van der Waals surface area contributed by atoms with E-state index in [1.165, 1.54) is 0 Å². The van der Waals surface area contributed by atoms with Crippen molar-refractivity contribution in [2.75, 3.05) is 6.61 Å². The molecule has 1 rings (SSSR count). The zero-order chi connectivity index (χ0) is 15.4. The fraction of sp³-hybridized carbons (Fsp3) is 0.308. The van der Waals surface area contributed by atoms with E-state index in [1.54, 1.807) is 18.5 Å². The molecule has 1 aromatic rings. The van der Waals surface area contributed by atoms with Gasteiger partial charge in [-0.25, -0.2) is 4.79 Å². The minimum absolute atomic E-state index is 0. The van der Waals surface area contributed by atoms with Gasteiger partial charge in [-0.15, -0.1) is 0 Å². The van der Waals surface area contributed by atoms with Crippen LogP contribution >= 0.6 is 0 Å². The van der Waals surface area contributed by atoms with Crippen LogP contribution < -0.4 is 10.1 Å². The Kier molecular flexibility index (Phi) is 10.8. The van der Waals surface area contributed by atoms with Crippen LogP contribution in [0.25, 0.3) is 0 Å². The molecule has 1 aromatic carbocycles. The maximum absolute atomic E-state index is 10.3. The van der Waals surface area contributed by atoms with Crippen molar-refractivity contribution >= 4 is 18.9 Å². The fourth-order valence-corrected chi connectivity index (χ4v) is 1.37. The smallest absolute Gasteiger partial charge is 0.341 e. The first-order chi connectivity index (χ1) is 9.53. The summed E-state index contributed by atoms with van der Waals surface area (Å²) in [5.74, 6) is -0.493. The first-order valence-electron chi connectivity index (χ1n) is 5.67. The third kappa shape index (κ3) is 10.1. The van der Waals surface area contributed by atoms with Crippen LogP contribution in [-0.2, 0) is 20.8 Å². The third-order valence-corrected chi connectivity index (χ3v) is 2.13. The SMILES string of the molecule is CC(Cc1ccc(OCC(=O)O)cc1)N[C-]=O.O=CO.[Fm]. The van der Waals surface area contributed by atoms with Crippen LogP contribution in [0.2, 0.25) is 0 Å². The second-order valence-electron chi connectivity index (χ2n) is 3.78. The van der Waals surface area contributed by atoms with Crippen molar-refractivity contribution in [1.82, 2.24) is 5.32 Å². The largest absolute Gasteiger partial charge is 0.527 e. The number of ether oxygens (including phenoxy) is 1. The Balaban J connectivity index is 0. The molecule has 7 nitrogen and oxygen atoms in total. The van der Waals surface area contributed by atoms with Crippen molar-refractivity contribution in [3.8, 4) is 5.75 Å². The Morgan fingerprint density at radius 1 is 1.43 bits per heavy atom. The molecule has 0 radical (unpaired) electrons. The Labute approximate surface area is 116 Å². The van der Waals surface area contributed by atoms with E-state index in [4.69, 9.17) is 19.7 Å². The van der Waals surface area contributed by atoms with Crippen molar-refractivity contribution in [3.05, 3.63) is 29.8 Å². The summed E-state index contributed by atoms with van der Waals surface area (Å²) in [6.07, 6.45) is 2.33. The van der Waals surface area contributed by atoms with Gasteiger partial charge in [0, 0.05) is 0 Å². The minimum Gasteiger partial charge on any atom is -0.527 e. The number of hydrogen-bond donors (Lipinski definition) is 3. The van der Waals surface area contributed by atoms with Gasteiger partial charge in [0.15, 0.2) is 6.61 Å². The van der Waals surface area contributed by atoms with Crippen LogP contribution in [0, 0.1) is 0 Å². The molecule has 0 fully saturated rings. The molecule has 3 N–H and O–H groups in total. The third-order valence-electron chi connectivity index (χ3n) is 2.13. The molecular formula is C13H16FmNO6-. The molecule has 122 valence electrons. The number of rotatable bonds is 7. The van der Waals surface area contributed by atoms with Crippen LogP contribution in [0.15, 0.2) is 24.3 Å². The zero-order valence-corrected chi connectivity index (χ0v) is 13.6. The van der Waals surface area contributed by atoms with E-state index in [0.29, 0.717) is 12.2 Å². The number of carboxylic acids is 1. The summed E-state index contributed by atoms with van der Waals surface area (Å²) >= 11 is 0. The Bertz CT molecular complexity index is 423. The van der Waals surface area contributed by atoms with Gasteiger partial charge in [0.1, 0.15) is 5.75 Å². The molecule has 0 bridgehead atoms. The van der Waals surface area contributed by atoms with Crippen molar-refractivity contribution in [3.63, 3.8) is 0 Å². The molecule has 21 heavy (non-hydrogen) atoms. The number of carboxylic acid groups (broad SMARTS) is 2. The van der Waals surface area contributed by atoms with Crippen LogP contribution in [-0.4, -0.2) is 41.7 Å². The van der Waals surface area contributed by atoms with Crippen LogP contribution in [0.3, 0.4) is 0 Å². The van der Waals surface area contributed by atoms with Gasteiger partial charge in [-0.05, 0) is 37.1 Å². The summed E-state index contributed by atoms with van der Waals surface area (Å²) in [4.78, 5) is 28.7. The zero-order valence-electron chi connectivity index (χ0n) is 11.2. The average molecular weight is 539 g/mol. The number of nitrogens with one attached hydrogen (secondary N) is 1. The molecule has 1 unspecified atom stereocenters. The standard InChI is InChI=1S/C12H14NO4.CH2O2.Fm/c1-9(13-8-14)6-10-2-4-11(5-3-10)17-7-12(15)16;2-1-3;/h2-5,9H,6-7H2,1H3,(H,13,14)(H,15,16);1H,(H,2,3);/q-1;;. The van der Waals surface area contributed by atoms with Gasteiger partial charge in [-0.2, -0.15) is 6.41 Å². The maximum Gasteiger partial charge on any atom is 0.341 e. The first kappa shape index (κ1) is 19.8. The van der Waals surface area contributed by atoms with E-state index in [2.05, 4.69) is 5.32 Å². The number of carbonyl (C=O) groups excluding carboxylic acids is 1. The minimum atomic E-state index is -1.01. The van der Waals surface area contributed by atoms with Gasteiger partial charge in [-0.3, -0.25) is 4.79 Å². The molecule has 0 heterocycles. The molecule has 0 aromatic heterocycles. The normalized spacial score (nSPS) is 9.95. The van der Waals surface area contributed by atoms with E-state index < -0.39 is 5.97 Å². The van der Waals surface area contributed by atoms with E-state index in [-0.39, 0.29) is 19.1 Å². The Morgan fingerprint density at radius 3 is 2.38 bits per heavy atom. The van der Waals surface area contributed by atoms with Crippen LogP contribution in [0.1, 0.15) is 12.5 Å². The quantitative estimate of drug-likeness (QED) is 0.264. The molecule has 1 amide bonds. The summed E-state index contributed by atoms with van der Waals surface area (Å²) in [6.45, 7) is 1.27. The van der Waals surface area contributed by atoms with Gasteiger partial charge < -0.3 is 25.1 Å². The van der Waals surface area contributed by atoms with Gasteiger partial charge >= 0.3 is 5.97 Å².